The standard InChI is InChI=1S/C25H26Cl3NO8/c1-15(30)35-21-19(29-24(31)34-14-25(26,27)28)23(32-12-16-8-4-2-5-9-16)36-18-13-33-22(37-20(18)21)17-10-6-3-7-11-17/h2-11,18-23H,12-14H2,1H3,(H,29,31)/t18-,19+,20+,21-,22-,23-/m0/s1. The van der Waals surface area contributed by atoms with E-state index in [1.807, 2.05) is 60.7 Å². The molecule has 2 fully saturated rings. The van der Waals surface area contributed by atoms with E-state index < -0.39 is 59.4 Å². The Bertz CT molecular complexity index is 1040. The third kappa shape index (κ3) is 7.94. The van der Waals surface area contributed by atoms with Gasteiger partial charge in [0.05, 0.1) is 13.2 Å². The Kier molecular flexibility index (Phi) is 9.52. The maximum absolute atomic E-state index is 12.6. The van der Waals surface area contributed by atoms with Crippen LogP contribution in [0.2, 0.25) is 0 Å². The highest BCUT2D eigenvalue weighted by molar-refractivity contribution is 6.67. The second-order valence-electron chi connectivity index (χ2n) is 8.45. The van der Waals surface area contributed by atoms with Gasteiger partial charge in [-0.25, -0.2) is 4.79 Å². The third-order valence-electron chi connectivity index (χ3n) is 5.62. The highest BCUT2D eigenvalue weighted by Gasteiger charge is 2.53. The lowest BCUT2D eigenvalue weighted by Crippen LogP contribution is -2.67. The number of alkyl halides is 3. The molecule has 6 atom stereocenters. The number of carbonyl (C=O) groups excluding carboxylic acids is 2. The van der Waals surface area contributed by atoms with Gasteiger partial charge < -0.3 is 33.7 Å². The summed E-state index contributed by atoms with van der Waals surface area (Å²) in [6.45, 7) is 1.05. The van der Waals surface area contributed by atoms with Crippen LogP contribution in [0.15, 0.2) is 60.7 Å². The predicted molar refractivity (Wildman–Crippen MR) is 134 cm³/mol. The molecule has 1 amide bonds. The molecule has 2 heterocycles. The molecule has 2 aromatic carbocycles. The Hall–Kier alpha value is -2.11. The highest BCUT2D eigenvalue weighted by Crippen LogP contribution is 2.36. The van der Waals surface area contributed by atoms with Crippen LogP contribution in [-0.2, 0) is 39.8 Å². The van der Waals surface area contributed by atoms with Crippen molar-refractivity contribution in [2.24, 2.45) is 0 Å². The Morgan fingerprint density at radius 1 is 1.03 bits per heavy atom. The average Bonchev–Trinajstić information content (AvgIpc) is 2.88. The first-order valence-electron chi connectivity index (χ1n) is 11.5. The number of alkyl carbamates (subject to hydrolysis) is 1. The minimum Gasteiger partial charge on any atom is -0.457 e. The minimum atomic E-state index is -1.81. The van der Waals surface area contributed by atoms with E-state index in [4.69, 9.17) is 63.2 Å². The highest BCUT2D eigenvalue weighted by atomic mass is 35.6. The summed E-state index contributed by atoms with van der Waals surface area (Å²) in [5.41, 5.74) is 1.65. The van der Waals surface area contributed by atoms with Gasteiger partial charge in [0.1, 0.15) is 24.9 Å². The fourth-order valence-corrected chi connectivity index (χ4v) is 4.22. The Labute approximate surface area is 229 Å². The first-order valence-corrected chi connectivity index (χ1v) is 12.6. The summed E-state index contributed by atoms with van der Waals surface area (Å²) in [7, 11) is 0. The number of hydrogen-bond acceptors (Lipinski definition) is 8. The molecule has 1 N–H and O–H groups in total. The van der Waals surface area contributed by atoms with E-state index in [2.05, 4.69) is 5.32 Å². The van der Waals surface area contributed by atoms with Crippen LogP contribution in [-0.4, -0.2) is 59.7 Å². The molecule has 0 spiro atoms. The topological polar surface area (TPSA) is 102 Å². The lowest BCUT2D eigenvalue weighted by Gasteiger charge is -2.48. The van der Waals surface area contributed by atoms with Crippen LogP contribution in [0.25, 0.3) is 0 Å². The zero-order chi connectivity index (χ0) is 26.4. The molecule has 0 bridgehead atoms. The molecule has 0 radical (unpaired) electrons. The molecule has 0 aromatic heterocycles. The van der Waals surface area contributed by atoms with Crippen LogP contribution in [0.5, 0.6) is 0 Å². The number of carbonyl (C=O) groups is 2. The Morgan fingerprint density at radius 3 is 2.35 bits per heavy atom. The van der Waals surface area contributed by atoms with E-state index in [9.17, 15) is 9.59 Å². The maximum Gasteiger partial charge on any atom is 0.407 e. The number of ether oxygens (including phenoxy) is 6. The summed E-state index contributed by atoms with van der Waals surface area (Å²) in [5, 5.41) is 2.64. The summed E-state index contributed by atoms with van der Waals surface area (Å²) in [5.74, 6) is -0.583. The van der Waals surface area contributed by atoms with Crippen molar-refractivity contribution in [3.05, 3.63) is 71.8 Å². The van der Waals surface area contributed by atoms with Crippen LogP contribution in [0.4, 0.5) is 4.79 Å². The van der Waals surface area contributed by atoms with Crippen molar-refractivity contribution in [1.82, 2.24) is 5.32 Å². The summed E-state index contributed by atoms with van der Waals surface area (Å²) in [4.78, 5) is 24.8. The second-order valence-corrected chi connectivity index (χ2v) is 11.0. The summed E-state index contributed by atoms with van der Waals surface area (Å²) < 4.78 is 33.2. The van der Waals surface area contributed by atoms with Crippen molar-refractivity contribution in [3.63, 3.8) is 0 Å². The van der Waals surface area contributed by atoms with Crippen molar-refractivity contribution in [2.45, 2.75) is 54.3 Å². The van der Waals surface area contributed by atoms with E-state index in [1.54, 1.807) is 0 Å². The summed E-state index contributed by atoms with van der Waals surface area (Å²) in [6, 6.07) is 17.6. The van der Waals surface area contributed by atoms with Crippen molar-refractivity contribution in [1.29, 1.82) is 0 Å². The van der Waals surface area contributed by atoms with Gasteiger partial charge in [0.25, 0.3) is 0 Å². The molecule has 200 valence electrons. The minimum absolute atomic E-state index is 0.137. The van der Waals surface area contributed by atoms with Gasteiger partial charge in [0.15, 0.2) is 18.7 Å². The number of fused-ring (bicyclic) bond motifs is 1. The van der Waals surface area contributed by atoms with Crippen molar-refractivity contribution in [3.8, 4) is 0 Å². The number of rotatable bonds is 7. The summed E-state index contributed by atoms with van der Waals surface area (Å²) in [6.07, 6.45) is -5.16. The SMILES string of the molecule is CC(=O)O[C@H]1[C@@H](NC(=O)OCC(Cl)(Cl)Cl)[C@@H](OCc2ccccc2)O[C@H]2CO[C@H](c3ccccc3)O[C@@H]12. The molecule has 2 aromatic rings. The summed E-state index contributed by atoms with van der Waals surface area (Å²) >= 11 is 17.1. The van der Waals surface area contributed by atoms with E-state index in [-0.39, 0.29) is 13.2 Å². The molecule has 0 unspecified atom stereocenters. The number of halogens is 3. The molecule has 0 aliphatic carbocycles. The molecule has 0 saturated carbocycles. The first kappa shape index (κ1) is 27.9. The van der Waals surface area contributed by atoms with Crippen LogP contribution in [0.3, 0.4) is 0 Å². The van der Waals surface area contributed by atoms with E-state index >= 15 is 0 Å². The number of hydrogen-bond donors (Lipinski definition) is 1. The largest absolute Gasteiger partial charge is 0.457 e. The Morgan fingerprint density at radius 2 is 1.70 bits per heavy atom. The Balaban J connectivity index is 1.57. The van der Waals surface area contributed by atoms with Crippen molar-refractivity contribution in [2.75, 3.05) is 13.2 Å². The molecule has 9 nitrogen and oxygen atoms in total. The van der Waals surface area contributed by atoms with Gasteiger partial charge in [-0.2, -0.15) is 0 Å². The van der Waals surface area contributed by atoms with Gasteiger partial charge in [-0.3, -0.25) is 4.79 Å². The molecule has 2 saturated heterocycles. The number of benzene rings is 2. The normalized spacial score (nSPS) is 27.6. The van der Waals surface area contributed by atoms with E-state index in [0.717, 1.165) is 11.1 Å². The second kappa shape index (κ2) is 12.6. The van der Waals surface area contributed by atoms with Crippen molar-refractivity contribution < 1.29 is 38.0 Å². The fourth-order valence-electron chi connectivity index (χ4n) is 4.06. The van der Waals surface area contributed by atoms with Gasteiger partial charge >= 0.3 is 12.1 Å². The van der Waals surface area contributed by atoms with Crippen LogP contribution in [0, 0.1) is 0 Å². The molecule has 4 rings (SSSR count). The maximum atomic E-state index is 12.6. The fraction of sp³-hybridized carbons (Fsp3) is 0.440. The van der Waals surface area contributed by atoms with Crippen LogP contribution >= 0.6 is 34.8 Å². The first-order chi connectivity index (χ1) is 17.7. The molecule has 2 aliphatic rings. The van der Waals surface area contributed by atoms with Gasteiger partial charge in [-0.05, 0) is 5.56 Å². The third-order valence-corrected chi connectivity index (χ3v) is 5.95. The van der Waals surface area contributed by atoms with Gasteiger partial charge in [-0.1, -0.05) is 95.5 Å². The number of esters is 1. The van der Waals surface area contributed by atoms with Crippen LogP contribution in [0.1, 0.15) is 24.3 Å². The lowest BCUT2D eigenvalue weighted by atomic mass is 9.95. The monoisotopic (exact) mass is 573 g/mol. The van der Waals surface area contributed by atoms with E-state index in [1.165, 1.54) is 6.92 Å². The molecular formula is C25H26Cl3NO8. The zero-order valence-electron chi connectivity index (χ0n) is 19.8. The number of amides is 1. The van der Waals surface area contributed by atoms with Crippen LogP contribution < -0.4 is 5.32 Å². The molecular weight excluding hydrogens is 549 g/mol. The quantitative estimate of drug-likeness (QED) is 0.383. The smallest absolute Gasteiger partial charge is 0.407 e. The molecule has 12 heteroatoms. The predicted octanol–water partition coefficient (Wildman–Crippen LogP) is 4.44. The lowest BCUT2D eigenvalue weighted by molar-refractivity contribution is -0.346. The zero-order valence-corrected chi connectivity index (χ0v) is 22.0. The van der Waals surface area contributed by atoms with Gasteiger partial charge in [-0.15, -0.1) is 0 Å². The van der Waals surface area contributed by atoms with Gasteiger partial charge in [0.2, 0.25) is 3.79 Å². The van der Waals surface area contributed by atoms with E-state index in [0.29, 0.717) is 0 Å². The van der Waals surface area contributed by atoms with Crippen molar-refractivity contribution >= 4 is 46.9 Å². The molecule has 37 heavy (non-hydrogen) atoms. The van der Waals surface area contributed by atoms with Gasteiger partial charge in [0, 0.05) is 12.5 Å². The molecule has 2 aliphatic heterocycles. The average molecular weight is 575 g/mol. The number of nitrogens with one attached hydrogen (secondary N) is 1.